The fraction of sp³-hybridized carbons (Fsp3) is 0.962. The molecule has 4 aliphatic rings. The molecule has 0 heterocycles. The highest BCUT2D eigenvalue weighted by atomic mass is 16.5. The van der Waals surface area contributed by atoms with E-state index < -0.39 is 0 Å². The smallest absolute Gasteiger partial charge is 0.123 e. The highest BCUT2D eigenvalue weighted by Crippen LogP contribution is 2.66. The first-order chi connectivity index (χ1) is 13.4. The summed E-state index contributed by atoms with van der Waals surface area (Å²) in [4.78, 5) is 11.9. The number of hydrogen-bond acceptors (Lipinski definition) is 2. The summed E-state index contributed by atoms with van der Waals surface area (Å²) in [5, 5.41) is 0. The molecular weight excluding hydrogens is 344 g/mol. The van der Waals surface area contributed by atoms with Gasteiger partial charge >= 0.3 is 0 Å². The molecule has 2 heteroatoms. The zero-order chi connectivity index (χ0) is 20.5. The van der Waals surface area contributed by atoms with E-state index in [-0.39, 0.29) is 5.41 Å². The van der Waals surface area contributed by atoms with Crippen LogP contribution in [0.2, 0.25) is 0 Å². The van der Waals surface area contributed by atoms with Gasteiger partial charge in [-0.15, -0.1) is 0 Å². The molecule has 9 unspecified atom stereocenters. The Kier molecular flexibility index (Phi) is 7.00. The molecule has 0 spiro atoms. The molecule has 0 aromatic carbocycles. The second-order valence-electron chi connectivity index (χ2n) is 11.1. The minimum atomic E-state index is 0.279. The SMILES string of the molecule is CC.COCC1CCC2C3CCC4(C)C(C=O)CCC(C)C4C3CCC2(C)C1. The molecule has 28 heavy (non-hydrogen) atoms. The second-order valence-corrected chi connectivity index (χ2v) is 11.1. The first-order valence-corrected chi connectivity index (χ1v) is 12.4. The quantitative estimate of drug-likeness (QED) is 0.497. The lowest BCUT2D eigenvalue weighted by Gasteiger charge is -2.63. The van der Waals surface area contributed by atoms with Gasteiger partial charge in [-0.2, -0.15) is 0 Å². The van der Waals surface area contributed by atoms with Crippen molar-refractivity contribution in [3.8, 4) is 0 Å². The maximum absolute atomic E-state index is 11.9. The average Bonchev–Trinajstić information content (AvgIpc) is 2.69. The number of methoxy groups -OCH3 is 1. The van der Waals surface area contributed by atoms with Crippen LogP contribution in [0.25, 0.3) is 0 Å². The average molecular weight is 391 g/mol. The van der Waals surface area contributed by atoms with Gasteiger partial charge in [-0.3, -0.25) is 0 Å². The van der Waals surface area contributed by atoms with Crippen LogP contribution in [0.3, 0.4) is 0 Å². The van der Waals surface area contributed by atoms with Crippen LogP contribution in [-0.4, -0.2) is 20.0 Å². The molecule has 2 nitrogen and oxygen atoms in total. The van der Waals surface area contributed by atoms with Crippen molar-refractivity contribution in [2.75, 3.05) is 13.7 Å². The molecule has 0 aliphatic heterocycles. The summed E-state index contributed by atoms with van der Waals surface area (Å²) in [6.07, 6.45) is 13.4. The van der Waals surface area contributed by atoms with Gasteiger partial charge < -0.3 is 9.53 Å². The van der Waals surface area contributed by atoms with Crippen LogP contribution < -0.4 is 0 Å². The van der Waals surface area contributed by atoms with Crippen molar-refractivity contribution in [3.05, 3.63) is 0 Å². The fourth-order valence-electron chi connectivity index (χ4n) is 8.76. The van der Waals surface area contributed by atoms with Crippen molar-refractivity contribution >= 4 is 6.29 Å². The Morgan fingerprint density at radius 2 is 1.68 bits per heavy atom. The number of hydrogen-bond donors (Lipinski definition) is 0. The lowest BCUT2D eigenvalue weighted by molar-refractivity contribution is -0.156. The highest BCUT2D eigenvalue weighted by Gasteiger charge is 2.59. The van der Waals surface area contributed by atoms with E-state index in [2.05, 4.69) is 20.8 Å². The zero-order valence-electron chi connectivity index (χ0n) is 19.5. The highest BCUT2D eigenvalue weighted by molar-refractivity contribution is 5.55. The van der Waals surface area contributed by atoms with E-state index in [1.54, 1.807) is 0 Å². The van der Waals surface area contributed by atoms with E-state index in [9.17, 15) is 4.79 Å². The lowest BCUT2D eigenvalue weighted by atomic mass is 9.41. The molecular formula is C26H46O2. The minimum absolute atomic E-state index is 0.279. The van der Waals surface area contributed by atoms with Crippen LogP contribution in [0.4, 0.5) is 0 Å². The number of carbonyl (C=O) groups is 1. The normalized spacial score (nSPS) is 50.3. The number of fused-ring (bicyclic) bond motifs is 5. The van der Waals surface area contributed by atoms with Gasteiger partial charge in [-0.1, -0.05) is 34.6 Å². The molecule has 0 radical (unpaired) electrons. The zero-order valence-corrected chi connectivity index (χ0v) is 19.5. The summed E-state index contributed by atoms with van der Waals surface area (Å²) in [5.41, 5.74) is 0.819. The van der Waals surface area contributed by atoms with E-state index in [1.165, 1.54) is 57.7 Å². The van der Waals surface area contributed by atoms with Gasteiger partial charge in [-0.05, 0) is 104 Å². The number of carbonyl (C=O) groups excluding carboxylic acids is 1. The lowest BCUT2D eigenvalue weighted by Crippen LogP contribution is -2.57. The van der Waals surface area contributed by atoms with Crippen molar-refractivity contribution in [3.63, 3.8) is 0 Å². The third kappa shape index (κ3) is 3.61. The van der Waals surface area contributed by atoms with Crippen LogP contribution in [0, 0.1) is 52.3 Å². The standard InChI is InChI=1S/C24H40O2.C2H6/c1-16-5-7-18(14-25)24(3)12-10-19-20(22(16)24)9-11-23(2)13-17(15-26-4)6-8-21(19)23;1-2/h14,16-22H,5-13,15H2,1-4H3;1-2H3. The minimum Gasteiger partial charge on any atom is -0.384 e. The molecule has 0 amide bonds. The van der Waals surface area contributed by atoms with Gasteiger partial charge in [0.15, 0.2) is 0 Å². The van der Waals surface area contributed by atoms with E-state index in [0.717, 1.165) is 48.5 Å². The molecule has 162 valence electrons. The first-order valence-electron chi connectivity index (χ1n) is 12.4. The monoisotopic (exact) mass is 390 g/mol. The van der Waals surface area contributed by atoms with Gasteiger partial charge in [-0.25, -0.2) is 0 Å². The third-order valence-corrected chi connectivity index (χ3v) is 9.85. The molecule has 0 N–H and O–H groups in total. The second kappa shape index (κ2) is 8.78. The molecule has 0 aromatic rings. The molecule has 4 rings (SSSR count). The summed E-state index contributed by atoms with van der Waals surface area (Å²) in [6, 6.07) is 0. The van der Waals surface area contributed by atoms with Crippen molar-refractivity contribution in [1.82, 2.24) is 0 Å². The molecule has 4 saturated carbocycles. The summed E-state index contributed by atoms with van der Waals surface area (Å²) < 4.78 is 5.50. The Labute approximate surface area is 174 Å². The van der Waals surface area contributed by atoms with E-state index in [4.69, 9.17) is 4.74 Å². The van der Waals surface area contributed by atoms with Crippen molar-refractivity contribution in [2.45, 2.75) is 92.4 Å². The fourth-order valence-corrected chi connectivity index (χ4v) is 8.76. The molecule has 9 atom stereocenters. The van der Waals surface area contributed by atoms with Crippen LogP contribution in [0.1, 0.15) is 92.4 Å². The van der Waals surface area contributed by atoms with Gasteiger partial charge in [0.1, 0.15) is 6.29 Å². The van der Waals surface area contributed by atoms with E-state index >= 15 is 0 Å². The predicted octanol–water partition coefficient (Wildman–Crippen LogP) is 6.77. The first kappa shape index (κ1) is 22.3. The number of aldehydes is 1. The van der Waals surface area contributed by atoms with E-state index in [1.807, 2.05) is 21.0 Å². The van der Waals surface area contributed by atoms with Crippen LogP contribution in [-0.2, 0) is 9.53 Å². The number of rotatable bonds is 3. The van der Waals surface area contributed by atoms with Gasteiger partial charge in [0.2, 0.25) is 0 Å². The molecule has 0 saturated heterocycles. The van der Waals surface area contributed by atoms with E-state index in [0.29, 0.717) is 11.3 Å². The van der Waals surface area contributed by atoms with Crippen molar-refractivity contribution < 1.29 is 9.53 Å². The summed E-state index contributed by atoms with van der Waals surface area (Å²) in [5.74, 6) is 5.40. The van der Waals surface area contributed by atoms with Crippen LogP contribution in [0.15, 0.2) is 0 Å². The van der Waals surface area contributed by atoms with Gasteiger partial charge in [0.25, 0.3) is 0 Å². The van der Waals surface area contributed by atoms with Crippen LogP contribution >= 0.6 is 0 Å². The Hall–Kier alpha value is -0.370. The summed E-state index contributed by atoms with van der Waals surface area (Å²) >= 11 is 0. The Morgan fingerprint density at radius 3 is 2.36 bits per heavy atom. The van der Waals surface area contributed by atoms with Crippen molar-refractivity contribution in [2.24, 2.45) is 52.3 Å². The van der Waals surface area contributed by atoms with Crippen molar-refractivity contribution in [1.29, 1.82) is 0 Å². The van der Waals surface area contributed by atoms with Gasteiger partial charge in [0.05, 0.1) is 0 Å². The molecule has 0 aromatic heterocycles. The predicted molar refractivity (Wildman–Crippen MR) is 117 cm³/mol. The Morgan fingerprint density at radius 1 is 0.964 bits per heavy atom. The Bertz CT molecular complexity index is 531. The Balaban J connectivity index is 0.00000109. The molecule has 0 bridgehead atoms. The summed E-state index contributed by atoms with van der Waals surface area (Å²) in [6.45, 7) is 12.5. The number of ether oxygens (including phenoxy) is 1. The third-order valence-electron chi connectivity index (χ3n) is 9.85. The maximum atomic E-state index is 11.9. The maximum Gasteiger partial charge on any atom is 0.123 e. The van der Waals surface area contributed by atoms with Gasteiger partial charge in [0, 0.05) is 19.6 Å². The summed E-state index contributed by atoms with van der Waals surface area (Å²) in [7, 11) is 1.86. The topological polar surface area (TPSA) is 26.3 Å². The molecule has 4 aliphatic carbocycles. The molecule has 4 fully saturated rings. The largest absolute Gasteiger partial charge is 0.384 e. The van der Waals surface area contributed by atoms with Crippen LogP contribution in [0.5, 0.6) is 0 Å².